The van der Waals surface area contributed by atoms with Crippen molar-refractivity contribution in [2.75, 3.05) is 5.32 Å². The number of hydrogen-bond acceptors (Lipinski definition) is 2. The van der Waals surface area contributed by atoms with Crippen LogP contribution in [-0.2, 0) is 4.79 Å². The number of hydrogen-bond donors (Lipinski definition) is 1. The summed E-state index contributed by atoms with van der Waals surface area (Å²) >= 11 is 0. The Kier molecular flexibility index (Phi) is 5.32. The van der Waals surface area contributed by atoms with Crippen LogP contribution in [0, 0.1) is 11.6 Å². The predicted molar refractivity (Wildman–Crippen MR) is 85.6 cm³/mol. The number of halogens is 2. The van der Waals surface area contributed by atoms with Crippen LogP contribution in [0.3, 0.4) is 0 Å². The van der Waals surface area contributed by atoms with Gasteiger partial charge in [0.25, 0.3) is 5.91 Å². The maximum Gasteiger partial charge on any atom is 0.265 e. The Bertz CT molecular complexity index is 681. The zero-order valence-electron chi connectivity index (χ0n) is 13.3. The molecule has 0 aromatic heterocycles. The van der Waals surface area contributed by atoms with Crippen molar-refractivity contribution in [1.82, 2.24) is 0 Å². The first-order chi connectivity index (χ1) is 10.9. The van der Waals surface area contributed by atoms with E-state index in [1.54, 1.807) is 6.07 Å². The number of ether oxygens (including phenoxy) is 1. The van der Waals surface area contributed by atoms with E-state index in [0.717, 1.165) is 17.7 Å². The van der Waals surface area contributed by atoms with Crippen LogP contribution in [0.15, 0.2) is 42.5 Å². The van der Waals surface area contributed by atoms with Gasteiger partial charge in [-0.1, -0.05) is 38.1 Å². The van der Waals surface area contributed by atoms with E-state index in [-0.39, 0.29) is 5.92 Å². The Labute approximate surface area is 134 Å². The van der Waals surface area contributed by atoms with Crippen LogP contribution in [0.25, 0.3) is 0 Å². The zero-order chi connectivity index (χ0) is 17.0. The standard InChI is InChI=1S/C18H19F2NO2/c1-11(2)13-7-4-5-10-16(13)23-12(3)18(22)21-17-14(19)8-6-9-15(17)20/h4-12H,1-3H3,(H,21,22)/t12-/m1/s1. The van der Waals surface area contributed by atoms with Gasteiger partial charge in [0.2, 0.25) is 0 Å². The van der Waals surface area contributed by atoms with Gasteiger partial charge >= 0.3 is 0 Å². The van der Waals surface area contributed by atoms with Gasteiger partial charge in [0.1, 0.15) is 23.1 Å². The van der Waals surface area contributed by atoms with Crippen LogP contribution in [0.5, 0.6) is 5.75 Å². The molecule has 23 heavy (non-hydrogen) atoms. The third-order valence-electron chi connectivity index (χ3n) is 3.42. The molecule has 2 rings (SSSR count). The lowest BCUT2D eigenvalue weighted by Gasteiger charge is -2.19. The summed E-state index contributed by atoms with van der Waals surface area (Å²) in [6, 6.07) is 10.8. The molecule has 3 nitrogen and oxygen atoms in total. The van der Waals surface area contributed by atoms with Gasteiger partial charge in [0, 0.05) is 0 Å². The molecular formula is C18H19F2NO2. The van der Waals surface area contributed by atoms with Crippen LogP contribution in [-0.4, -0.2) is 12.0 Å². The quantitative estimate of drug-likeness (QED) is 0.881. The van der Waals surface area contributed by atoms with Gasteiger partial charge in [-0.3, -0.25) is 4.79 Å². The molecule has 0 bridgehead atoms. The average molecular weight is 319 g/mol. The second-order valence-corrected chi connectivity index (χ2v) is 5.54. The van der Waals surface area contributed by atoms with Gasteiger partial charge in [-0.05, 0) is 36.6 Å². The topological polar surface area (TPSA) is 38.3 Å². The van der Waals surface area contributed by atoms with Crippen LogP contribution >= 0.6 is 0 Å². The molecule has 1 atom stereocenters. The third-order valence-corrected chi connectivity index (χ3v) is 3.42. The van der Waals surface area contributed by atoms with Crippen LogP contribution < -0.4 is 10.1 Å². The number of nitrogens with one attached hydrogen (secondary N) is 1. The molecule has 0 saturated heterocycles. The average Bonchev–Trinajstić information content (AvgIpc) is 2.51. The summed E-state index contributed by atoms with van der Waals surface area (Å²) in [5.41, 5.74) is 0.495. The highest BCUT2D eigenvalue weighted by Gasteiger charge is 2.20. The van der Waals surface area contributed by atoms with Crippen molar-refractivity contribution >= 4 is 11.6 Å². The molecule has 0 aliphatic rings. The summed E-state index contributed by atoms with van der Waals surface area (Å²) in [6.07, 6.45) is -0.895. The van der Waals surface area contributed by atoms with Crippen LogP contribution in [0.4, 0.5) is 14.5 Å². The number of rotatable bonds is 5. The molecular weight excluding hydrogens is 300 g/mol. The first-order valence-corrected chi connectivity index (χ1v) is 7.40. The molecule has 0 heterocycles. The Morgan fingerprint density at radius 2 is 1.61 bits per heavy atom. The van der Waals surface area contributed by atoms with Gasteiger partial charge in [0.05, 0.1) is 0 Å². The van der Waals surface area contributed by atoms with E-state index in [4.69, 9.17) is 4.74 Å². The van der Waals surface area contributed by atoms with Crippen molar-refractivity contribution in [3.8, 4) is 5.75 Å². The van der Waals surface area contributed by atoms with Gasteiger partial charge < -0.3 is 10.1 Å². The Morgan fingerprint density at radius 1 is 1.00 bits per heavy atom. The Hall–Kier alpha value is -2.43. The van der Waals surface area contributed by atoms with E-state index in [9.17, 15) is 13.6 Å². The predicted octanol–water partition coefficient (Wildman–Crippen LogP) is 4.49. The van der Waals surface area contributed by atoms with Crippen LogP contribution in [0.1, 0.15) is 32.3 Å². The second kappa shape index (κ2) is 7.22. The molecule has 0 aliphatic carbocycles. The van der Waals surface area contributed by atoms with E-state index in [0.29, 0.717) is 5.75 Å². The minimum absolute atomic E-state index is 0.227. The highest BCUT2D eigenvalue weighted by atomic mass is 19.1. The number of anilines is 1. The van der Waals surface area contributed by atoms with Crippen molar-refractivity contribution in [2.24, 2.45) is 0 Å². The first-order valence-electron chi connectivity index (χ1n) is 7.40. The van der Waals surface area contributed by atoms with Crippen LogP contribution in [0.2, 0.25) is 0 Å². The molecule has 1 amide bonds. The van der Waals surface area contributed by atoms with Gasteiger partial charge in [-0.2, -0.15) is 0 Å². The van der Waals surface area contributed by atoms with Crippen molar-refractivity contribution in [3.63, 3.8) is 0 Å². The Morgan fingerprint density at radius 3 is 2.22 bits per heavy atom. The minimum Gasteiger partial charge on any atom is -0.481 e. The minimum atomic E-state index is -0.895. The molecule has 2 aromatic carbocycles. The molecule has 122 valence electrons. The normalized spacial score (nSPS) is 12.1. The van der Waals surface area contributed by atoms with Gasteiger partial charge in [0.15, 0.2) is 6.10 Å². The number of amides is 1. The van der Waals surface area contributed by atoms with Crippen molar-refractivity contribution in [3.05, 3.63) is 59.7 Å². The molecule has 0 saturated carbocycles. The summed E-state index contributed by atoms with van der Waals surface area (Å²) in [5.74, 6) is -1.46. The smallest absolute Gasteiger partial charge is 0.265 e. The molecule has 1 N–H and O–H groups in total. The summed E-state index contributed by atoms with van der Waals surface area (Å²) in [4.78, 5) is 12.1. The molecule has 0 radical (unpaired) electrons. The second-order valence-electron chi connectivity index (χ2n) is 5.54. The number of carbonyl (C=O) groups excluding carboxylic acids is 1. The third kappa shape index (κ3) is 4.06. The lowest BCUT2D eigenvalue weighted by Crippen LogP contribution is -2.31. The fourth-order valence-electron chi connectivity index (χ4n) is 2.15. The highest BCUT2D eigenvalue weighted by molar-refractivity contribution is 5.94. The van der Waals surface area contributed by atoms with Crippen molar-refractivity contribution in [2.45, 2.75) is 32.8 Å². The molecule has 0 spiro atoms. The molecule has 5 heteroatoms. The van der Waals surface area contributed by atoms with Gasteiger partial charge in [-0.15, -0.1) is 0 Å². The fourth-order valence-corrected chi connectivity index (χ4v) is 2.15. The molecule has 0 aliphatic heterocycles. The lowest BCUT2D eigenvalue weighted by atomic mass is 10.0. The summed E-state index contributed by atoms with van der Waals surface area (Å²) in [7, 11) is 0. The zero-order valence-corrected chi connectivity index (χ0v) is 13.3. The van der Waals surface area contributed by atoms with E-state index in [2.05, 4.69) is 5.32 Å². The van der Waals surface area contributed by atoms with E-state index < -0.39 is 29.3 Å². The Balaban J connectivity index is 2.12. The summed E-state index contributed by atoms with van der Waals surface area (Å²) in [6.45, 7) is 5.56. The molecule has 0 unspecified atom stereocenters. The summed E-state index contributed by atoms with van der Waals surface area (Å²) < 4.78 is 32.8. The SMILES string of the molecule is CC(C)c1ccccc1O[C@H](C)C(=O)Nc1c(F)cccc1F. The van der Waals surface area contributed by atoms with E-state index >= 15 is 0 Å². The maximum absolute atomic E-state index is 13.6. The monoisotopic (exact) mass is 319 g/mol. The van der Waals surface area contributed by atoms with Gasteiger partial charge in [-0.25, -0.2) is 8.78 Å². The first kappa shape index (κ1) is 16.9. The highest BCUT2D eigenvalue weighted by Crippen LogP contribution is 2.27. The maximum atomic E-state index is 13.6. The summed E-state index contributed by atoms with van der Waals surface area (Å²) in [5, 5.41) is 2.23. The van der Waals surface area contributed by atoms with Crippen molar-refractivity contribution < 1.29 is 18.3 Å². The largest absolute Gasteiger partial charge is 0.481 e. The van der Waals surface area contributed by atoms with Crippen molar-refractivity contribution in [1.29, 1.82) is 0 Å². The molecule has 2 aromatic rings. The molecule has 0 fully saturated rings. The van der Waals surface area contributed by atoms with E-state index in [1.165, 1.54) is 13.0 Å². The number of carbonyl (C=O) groups is 1. The number of para-hydroxylation sites is 2. The fraction of sp³-hybridized carbons (Fsp3) is 0.278. The lowest BCUT2D eigenvalue weighted by molar-refractivity contribution is -0.122. The number of benzene rings is 2. The van der Waals surface area contributed by atoms with E-state index in [1.807, 2.05) is 32.0 Å².